The SMILES string of the molecule is CCC(C)(CCCCCCOc1ccc(C(c2ccc(OC(C)(CC)c3ccc(C#N)c(C#N)c3)cc2)(C(F)(F)F)C(F)(F)F)cc1)Oc1ccc(C(c2ccc(Oc3ccc(C#N)c(C#N)c3)cc2)(C(F)(F)F)C(F)(F)F)cc1. The Kier molecular flexibility index (Phi) is 18.2. The van der Waals surface area contributed by atoms with Crippen LogP contribution in [-0.4, -0.2) is 36.9 Å². The van der Waals surface area contributed by atoms with Crippen LogP contribution in [0.3, 0.4) is 0 Å². The van der Waals surface area contributed by atoms with Gasteiger partial charge in [0.1, 0.15) is 64.2 Å². The highest BCUT2D eigenvalue weighted by Crippen LogP contribution is 2.58. The number of unbranched alkanes of at least 4 members (excludes halogenated alkanes) is 3. The molecule has 20 heteroatoms. The topological polar surface area (TPSA) is 132 Å². The molecule has 418 valence electrons. The lowest BCUT2D eigenvalue weighted by atomic mass is 9.73. The number of rotatable bonds is 21. The lowest BCUT2D eigenvalue weighted by molar-refractivity contribution is -0.290. The minimum absolute atomic E-state index is 0.0119. The van der Waals surface area contributed by atoms with Gasteiger partial charge in [-0.3, -0.25) is 0 Å². The second kappa shape index (κ2) is 23.9. The fourth-order valence-corrected chi connectivity index (χ4v) is 9.38. The van der Waals surface area contributed by atoms with Gasteiger partial charge in [0, 0.05) is 0 Å². The van der Waals surface area contributed by atoms with Crippen molar-refractivity contribution in [1.82, 2.24) is 0 Å². The van der Waals surface area contributed by atoms with Crippen LogP contribution in [0.1, 0.15) is 123 Å². The Hall–Kier alpha value is -8.36. The Balaban J connectivity index is 1.06. The summed E-state index contributed by atoms with van der Waals surface area (Å²) in [5.74, 6) is -0.150. The Morgan fingerprint density at radius 1 is 0.375 bits per heavy atom. The van der Waals surface area contributed by atoms with Crippen molar-refractivity contribution >= 4 is 0 Å². The molecule has 8 nitrogen and oxygen atoms in total. The average molecular weight is 1120 g/mol. The van der Waals surface area contributed by atoms with Gasteiger partial charge in [-0.05, 0) is 153 Å². The van der Waals surface area contributed by atoms with E-state index in [1.165, 1.54) is 30.3 Å². The van der Waals surface area contributed by atoms with Crippen molar-refractivity contribution < 1.29 is 71.6 Å². The Morgan fingerprint density at radius 2 is 0.738 bits per heavy atom. The van der Waals surface area contributed by atoms with Crippen molar-refractivity contribution in [3.63, 3.8) is 0 Å². The number of ether oxygens (including phenoxy) is 4. The first kappa shape index (κ1) is 60.9. The largest absolute Gasteiger partial charge is 0.494 e. The molecule has 6 aromatic carbocycles. The first-order valence-corrected chi connectivity index (χ1v) is 24.9. The highest BCUT2D eigenvalue weighted by Gasteiger charge is 2.73. The molecule has 0 fully saturated rings. The van der Waals surface area contributed by atoms with Crippen molar-refractivity contribution in [3.05, 3.63) is 184 Å². The van der Waals surface area contributed by atoms with E-state index in [2.05, 4.69) is 0 Å². The van der Waals surface area contributed by atoms with Crippen molar-refractivity contribution in [3.8, 4) is 53.0 Å². The van der Waals surface area contributed by atoms with Gasteiger partial charge in [-0.15, -0.1) is 0 Å². The van der Waals surface area contributed by atoms with Gasteiger partial charge >= 0.3 is 24.7 Å². The summed E-state index contributed by atoms with van der Waals surface area (Å²) in [6, 6.07) is 29.1. The molecule has 0 bridgehead atoms. The van der Waals surface area contributed by atoms with Crippen LogP contribution in [-0.2, 0) is 16.4 Å². The summed E-state index contributed by atoms with van der Waals surface area (Å²) in [6.45, 7) is 6.93. The molecule has 0 amide bonds. The van der Waals surface area contributed by atoms with Crippen LogP contribution >= 0.6 is 0 Å². The normalized spacial score (nSPS) is 13.8. The summed E-state index contributed by atoms with van der Waals surface area (Å²) >= 11 is 0. The summed E-state index contributed by atoms with van der Waals surface area (Å²) in [5, 5.41) is 37.3. The van der Waals surface area contributed by atoms with Gasteiger partial charge in [0.2, 0.25) is 10.8 Å². The van der Waals surface area contributed by atoms with Gasteiger partial charge < -0.3 is 18.9 Å². The molecule has 0 N–H and O–H groups in total. The Bertz CT molecular complexity index is 3250. The molecular weight excluding hydrogens is 1070 g/mol. The highest BCUT2D eigenvalue weighted by molar-refractivity contribution is 5.53. The van der Waals surface area contributed by atoms with E-state index in [-0.39, 0.29) is 64.0 Å². The van der Waals surface area contributed by atoms with E-state index in [9.17, 15) is 42.1 Å². The van der Waals surface area contributed by atoms with Crippen molar-refractivity contribution in [1.29, 1.82) is 21.0 Å². The minimum atomic E-state index is -5.88. The summed E-state index contributed by atoms with van der Waals surface area (Å²) < 4.78 is 203. The van der Waals surface area contributed by atoms with E-state index in [1.807, 2.05) is 18.2 Å². The van der Waals surface area contributed by atoms with E-state index in [0.29, 0.717) is 92.6 Å². The maximum atomic E-state index is 15.0. The van der Waals surface area contributed by atoms with E-state index >= 15 is 26.3 Å². The third kappa shape index (κ3) is 12.4. The van der Waals surface area contributed by atoms with Crippen LogP contribution in [0.2, 0.25) is 0 Å². The van der Waals surface area contributed by atoms with E-state index in [4.69, 9.17) is 24.2 Å². The van der Waals surface area contributed by atoms with Crippen molar-refractivity contribution in [2.24, 2.45) is 0 Å². The summed E-state index contributed by atoms with van der Waals surface area (Å²) in [4.78, 5) is 0. The predicted molar refractivity (Wildman–Crippen MR) is 270 cm³/mol. The molecule has 6 rings (SSSR count). The molecule has 0 aromatic heterocycles. The van der Waals surface area contributed by atoms with Crippen molar-refractivity contribution in [2.75, 3.05) is 6.61 Å². The molecule has 2 atom stereocenters. The number of benzene rings is 6. The van der Waals surface area contributed by atoms with Crippen LogP contribution in [0, 0.1) is 45.3 Å². The Labute approximate surface area is 453 Å². The molecule has 2 unspecified atom stereocenters. The van der Waals surface area contributed by atoms with Crippen LogP contribution in [0.5, 0.6) is 28.7 Å². The molecule has 0 aliphatic carbocycles. The predicted octanol–water partition coefficient (Wildman–Crippen LogP) is 17.1. The second-order valence-corrected chi connectivity index (χ2v) is 19.2. The fraction of sp³-hybridized carbons (Fsp3) is 0.333. The van der Waals surface area contributed by atoms with Crippen LogP contribution in [0.25, 0.3) is 0 Å². The summed E-state index contributed by atoms with van der Waals surface area (Å²) in [6.07, 6.45) is -20.3. The van der Waals surface area contributed by atoms with Gasteiger partial charge in [0.05, 0.1) is 28.9 Å². The molecule has 0 spiro atoms. The number of nitrogens with zero attached hydrogens (tertiary/aromatic N) is 4. The highest BCUT2D eigenvalue weighted by atomic mass is 19.4. The molecule has 0 saturated heterocycles. The third-order valence-electron chi connectivity index (χ3n) is 14.2. The molecule has 0 radical (unpaired) electrons. The maximum Gasteiger partial charge on any atom is 0.411 e. The summed E-state index contributed by atoms with van der Waals surface area (Å²) in [7, 11) is 0. The number of halogens is 12. The number of hydrogen-bond donors (Lipinski definition) is 0. The van der Waals surface area contributed by atoms with Gasteiger partial charge in [0.15, 0.2) is 0 Å². The maximum absolute atomic E-state index is 15.0. The zero-order valence-electron chi connectivity index (χ0n) is 43.3. The van der Waals surface area contributed by atoms with Gasteiger partial charge in [0.25, 0.3) is 0 Å². The van der Waals surface area contributed by atoms with E-state index < -0.39 is 69.0 Å². The average Bonchev–Trinajstić information content (AvgIpc) is 3.29. The van der Waals surface area contributed by atoms with Gasteiger partial charge in [-0.2, -0.15) is 73.7 Å². The lowest BCUT2D eigenvalue weighted by Gasteiger charge is -2.38. The van der Waals surface area contributed by atoms with E-state index in [1.54, 1.807) is 39.8 Å². The monoisotopic (exact) mass is 1120 g/mol. The molecule has 0 aliphatic heterocycles. The minimum Gasteiger partial charge on any atom is -0.494 e. The second-order valence-electron chi connectivity index (χ2n) is 19.2. The van der Waals surface area contributed by atoms with Crippen molar-refractivity contribution in [2.45, 2.75) is 119 Å². The first-order chi connectivity index (χ1) is 37.6. The molecule has 0 heterocycles. The quantitative estimate of drug-likeness (QED) is 0.0514. The Morgan fingerprint density at radius 3 is 1.15 bits per heavy atom. The van der Waals surface area contributed by atoms with Crippen LogP contribution in [0.15, 0.2) is 133 Å². The summed E-state index contributed by atoms with van der Waals surface area (Å²) in [5.41, 5.74) is -14.9. The third-order valence-corrected chi connectivity index (χ3v) is 14.2. The zero-order valence-corrected chi connectivity index (χ0v) is 43.3. The smallest absolute Gasteiger partial charge is 0.411 e. The number of hydrogen-bond acceptors (Lipinski definition) is 8. The molecular formula is C60H50F12N4O4. The molecule has 0 saturated carbocycles. The molecule has 80 heavy (non-hydrogen) atoms. The molecule has 6 aromatic rings. The standard InChI is InChI=1S/C60H50F12N4O4/c1-5-53(3,79-50-27-18-45(19-28-50)56(59(67,68)69,60(70,71)72)44-16-25-49(26-17-44)78-52-22-12-40(36-74)42(34-52)38-76)31-9-7-8-10-32-77-48-23-14-43(15-24-48)55(57(61,62)63,58(64,65)66)46-20-29-51(30-21-46)80-54(4,6-2)47-13-11-39(35-73)41(33-47)37-75/h11-30,33-34H,5-10,31-32H2,1-4H3. The van der Waals surface area contributed by atoms with Gasteiger partial charge in [-0.1, -0.05) is 81.3 Å². The number of alkyl halides is 12. The van der Waals surface area contributed by atoms with Crippen LogP contribution in [0.4, 0.5) is 52.7 Å². The van der Waals surface area contributed by atoms with Crippen LogP contribution < -0.4 is 18.9 Å². The first-order valence-electron chi connectivity index (χ1n) is 24.9. The van der Waals surface area contributed by atoms with Gasteiger partial charge in [-0.25, -0.2) is 0 Å². The van der Waals surface area contributed by atoms with E-state index in [0.717, 1.165) is 48.5 Å². The molecule has 0 aliphatic rings. The lowest BCUT2D eigenvalue weighted by Crippen LogP contribution is -2.54. The fourth-order valence-electron chi connectivity index (χ4n) is 9.38. The number of nitriles is 4. The zero-order chi connectivity index (χ0) is 59.0.